The summed E-state index contributed by atoms with van der Waals surface area (Å²) < 4.78 is 8.52. The average molecular weight is 370 g/mol. The molecule has 7 heteroatoms. The highest BCUT2D eigenvalue weighted by atomic mass is 16.5. The summed E-state index contributed by atoms with van der Waals surface area (Å²) in [4.78, 5) is 25.1. The predicted molar refractivity (Wildman–Crippen MR) is 101 cm³/mol. The molecule has 1 aromatic carbocycles. The van der Waals surface area contributed by atoms with Crippen molar-refractivity contribution in [3.63, 3.8) is 0 Å². The molecule has 0 saturated heterocycles. The van der Waals surface area contributed by atoms with Crippen LogP contribution in [-0.2, 0) is 24.3 Å². The van der Waals surface area contributed by atoms with Crippen molar-refractivity contribution in [3.05, 3.63) is 46.1 Å². The number of ether oxygens (including phenoxy) is 1. The summed E-state index contributed by atoms with van der Waals surface area (Å²) in [6.07, 6.45) is 4.23. The second kappa shape index (κ2) is 6.87. The van der Waals surface area contributed by atoms with Crippen LogP contribution in [0, 0.1) is 5.41 Å². The molecule has 1 saturated carbocycles. The third kappa shape index (κ3) is 3.63. The summed E-state index contributed by atoms with van der Waals surface area (Å²) in [5, 5.41) is 7.72. The largest absolute Gasteiger partial charge is 0.497 e. The second-order valence-corrected chi connectivity index (χ2v) is 7.92. The quantitative estimate of drug-likeness (QED) is 0.869. The van der Waals surface area contributed by atoms with Gasteiger partial charge in [0.25, 0.3) is 0 Å². The van der Waals surface area contributed by atoms with Crippen LogP contribution in [-0.4, -0.2) is 33.4 Å². The van der Waals surface area contributed by atoms with Crippen LogP contribution < -0.4 is 15.7 Å². The van der Waals surface area contributed by atoms with E-state index in [1.165, 1.54) is 4.68 Å². The number of benzene rings is 1. The van der Waals surface area contributed by atoms with Crippen molar-refractivity contribution >= 4 is 5.91 Å². The Morgan fingerprint density at radius 1 is 1.37 bits per heavy atom. The van der Waals surface area contributed by atoms with Gasteiger partial charge in [-0.1, -0.05) is 19.1 Å². The number of hydrogen-bond donors (Lipinski definition) is 1. The summed E-state index contributed by atoms with van der Waals surface area (Å²) in [6.45, 7) is 3.03. The molecule has 1 aromatic heterocycles. The second-order valence-electron chi connectivity index (χ2n) is 7.92. The van der Waals surface area contributed by atoms with Gasteiger partial charge in [-0.25, -0.2) is 9.48 Å². The van der Waals surface area contributed by atoms with E-state index in [0.717, 1.165) is 42.8 Å². The first kappa shape index (κ1) is 17.8. The van der Waals surface area contributed by atoms with Crippen molar-refractivity contribution < 1.29 is 9.53 Å². The standard InChI is InChI=1S/C20H26N4O3/c1-20(9-10-20)18(25)21-15-6-7-17-22-24(19(26)23(17)11-8-15)13-14-4-3-5-16(12-14)27-2/h3-5,12,15H,6-11,13H2,1-2H3,(H,21,25). The first-order valence-electron chi connectivity index (χ1n) is 9.59. The van der Waals surface area contributed by atoms with E-state index in [9.17, 15) is 9.59 Å². The van der Waals surface area contributed by atoms with Crippen LogP contribution in [0.1, 0.15) is 44.0 Å². The van der Waals surface area contributed by atoms with Gasteiger partial charge in [-0.3, -0.25) is 9.36 Å². The van der Waals surface area contributed by atoms with Crippen LogP contribution in [0.25, 0.3) is 0 Å². The number of rotatable bonds is 5. The lowest BCUT2D eigenvalue weighted by Gasteiger charge is -2.18. The number of carbonyl (C=O) groups excluding carboxylic acids is 1. The highest BCUT2D eigenvalue weighted by Gasteiger charge is 2.45. The van der Waals surface area contributed by atoms with Crippen molar-refractivity contribution in [1.29, 1.82) is 0 Å². The fraction of sp³-hybridized carbons (Fsp3) is 0.550. The molecule has 1 amide bonds. The maximum atomic E-state index is 12.8. The highest BCUT2D eigenvalue weighted by Crippen LogP contribution is 2.45. The zero-order valence-corrected chi connectivity index (χ0v) is 15.9. The molecule has 0 bridgehead atoms. The van der Waals surface area contributed by atoms with E-state index < -0.39 is 0 Å². The van der Waals surface area contributed by atoms with E-state index in [0.29, 0.717) is 19.5 Å². The lowest BCUT2D eigenvalue weighted by molar-refractivity contribution is -0.126. The maximum Gasteiger partial charge on any atom is 0.346 e. The summed E-state index contributed by atoms with van der Waals surface area (Å²) in [7, 11) is 1.63. The number of aryl methyl sites for hydroxylation is 1. The highest BCUT2D eigenvalue weighted by molar-refractivity contribution is 5.85. The van der Waals surface area contributed by atoms with Gasteiger partial charge in [-0.05, 0) is 43.4 Å². The minimum atomic E-state index is -0.163. The third-order valence-electron chi connectivity index (χ3n) is 5.77. The van der Waals surface area contributed by atoms with Crippen LogP contribution in [0.15, 0.2) is 29.1 Å². The molecule has 2 aromatic rings. The molecule has 1 aliphatic heterocycles. The Balaban J connectivity index is 1.45. The van der Waals surface area contributed by atoms with Crippen LogP contribution in [0.5, 0.6) is 5.75 Å². The van der Waals surface area contributed by atoms with E-state index >= 15 is 0 Å². The normalized spacial score (nSPS) is 20.4. The first-order chi connectivity index (χ1) is 13.0. The lowest BCUT2D eigenvalue weighted by Crippen LogP contribution is -2.39. The Morgan fingerprint density at radius 2 is 2.19 bits per heavy atom. The molecule has 1 unspecified atom stereocenters. The zero-order chi connectivity index (χ0) is 19.0. The molecular weight excluding hydrogens is 344 g/mol. The Hall–Kier alpha value is -2.57. The fourth-order valence-electron chi connectivity index (χ4n) is 3.59. The summed E-state index contributed by atoms with van der Waals surface area (Å²) >= 11 is 0. The van der Waals surface area contributed by atoms with Gasteiger partial charge in [0.2, 0.25) is 5.91 Å². The predicted octanol–water partition coefficient (Wildman–Crippen LogP) is 1.72. The van der Waals surface area contributed by atoms with Crippen molar-refractivity contribution in [3.8, 4) is 5.75 Å². The summed E-state index contributed by atoms with van der Waals surface area (Å²) in [5.41, 5.74) is 0.727. The minimum absolute atomic E-state index is 0.0889. The third-order valence-corrected chi connectivity index (χ3v) is 5.77. The van der Waals surface area contributed by atoms with Gasteiger partial charge in [-0.15, -0.1) is 0 Å². The molecule has 0 spiro atoms. The van der Waals surface area contributed by atoms with Crippen molar-refractivity contribution in [2.24, 2.45) is 5.41 Å². The average Bonchev–Trinajstić information content (AvgIpc) is 3.39. The molecular formula is C20H26N4O3. The molecule has 1 aliphatic carbocycles. The van der Waals surface area contributed by atoms with Gasteiger partial charge >= 0.3 is 5.69 Å². The van der Waals surface area contributed by atoms with E-state index in [4.69, 9.17) is 4.74 Å². The van der Waals surface area contributed by atoms with Crippen LogP contribution in [0.4, 0.5) is 0 Å². The lowest BCUT2D eigenvalue weighted by atomic mass is 10.1. The summed E-state index contributed by atoms with van der Waals surface area (Å²) in [6, 6.07) is 7.78. The van der Waals surface area contributed by atoms with Gasteiger partial charge in [0.15, 0.2) is 0 Å². The van der Waals surface area contributed by atoms with Gasteiger partial charge in [0.05, 0.1) is 13.7 Å². The Kier molecular flexibility index (Phi) is 4.53. The summed E-state index contributed by atoms with van der Waals surface area (Å²) in [5.74, 6) is 1.73. The maximum absolute atomic E-state index is 12.8. The number of amides is 1. The first-order valence-corrected chi connectivity index (χ1v) is 9.59. The number of methoxy groups -OCH3 is 1. The van der Waals surface area contributed by atoms with Crippen LogP contribution in [0.3, 0.4) is 0 Å². The van der Waals surface area contributed by atoms with E-state index in [1.54, 1.807) is 11.7 Å². The molecule has 7 nitrogen and oxygen atoms in total. The Morgan fingerprint density at radius 3 is 2.93 bits per heavy atom. The minimum Gasteiger partial charge on any atom is -0.497 e. The van der Waals surface area contributed by atoms with Crippen molar-refractivity contribution in [2.45, 2.75) is 58.2 Å². The van der Waals surface area contributed by atoms with Crippen molar-refractivity contribution in [1.82, 2.24) is 19.7 Å². The number of aromatic nitrogens is 3. The van der Waals surface area contributed by atoms with E-state index in [1.807, 2.05) is 31.2 Å². The molecule has 2 aliphatic rings. The molecule has 144 valence electrons. The molecule has 4 rings (SSSR count). The Labute approximate surface area is 158 Å². The van der Waals surface area contributed by atoms with Crippen molar-refractivity contribution in [2.75, 3.05) is 7.11 Å². The number of carbonyl (C=O) groups is 1. The molecule has 1 N–H and O–H groups in total. The zero-order valence-electron chi connectivity index (χ0n) is 15.9. The van der Waals surface area contributed by atoms with Gasteiger partial charge in [0, 0.05) is 24.4 Å². The van der Waals surface area contributed by atoms with Gasteiger partial charge in [0.1, 0.15) is 11.6 Å². The van der Waals surface area contributed by atoms with E-state index in [-0.39, 0.29) is 23.1 Å². The van der Waals surface area contributed by atoms with Gasteiger partial charge in [-0.2, -0.15) is 5.10 Å². The number of nitrogens with zero attached hydrogens (tertiary/aromatic N) is 3. The number of hydrogen-bond acceptors (Lipinski definition) is 4. The molecule has 2 heterocycles. The number of nitrogens with one attached hydrogen (secondary N) is 1. The topological polar surface area (TPSA) is 78.2 Å². The smallest absolute Gasteiger partial charge is 0.346 e. The molecule has 27 heavy (non-hydrogen) atoms. The Bertz CT molecular complexity index is 910. The fourth-order valence-corrected chi connectivity index (χ4v) is 3.59. The molecule has 1 atom stereocenters. The van der Waals surface area contributed by atoms with Gasteiger partial charge < -0.3 is 10.1 Å². The molecule has 1 fully saturated rings. The van der Waals surface area contributed by atoms with Crippen LogP contribution in [0.2, 0.25) is 0 Å². The molecule has 0 radical (unpaired) electrons. The number of fused-ring (bicyclic) bond motifs is 1. The monoisotopic (exact) mass is 370 g/mol. The van der Waals surface area contributed by atoms with E-state index in [2.05, 4.69) is 10.4 Å². The SMILES string of the molecule is COc1cccc(Cn2nc3n(c2=O)CCC(NC(=O)C2(C)CC2)CC3)c1. The van der Waals surface area contributed by atoms with Crippen LogP contribution >= 0.6 is 0 Å².